The van der Waals surface area contributed by atoms with E-state index in [0.29, 0.717) is 12.0 Å². The molecule has 13 heavy (non-hydrogen) atoms. The van der Waals surface area contributed by atoms with Crippen molar-refractivity contribution in [1.82, 2.24) is 4.90 Å². The van der Waals surface area contributed by atoms with Crippen LogP contribution in [0.3, 0.4) is 0 Å². The van der Waals surface area contributed by atoms with E-state index in [9.17, 15) is 4.79 Å². The van der Waals surface area contributed by atoms with Gasteiger partial charge in [-0.1, -0.05) is 6.42 Å². The molecule has 3 unspecified atom stereocenters. The maximum atomic E-state index is 11.0. The van der Waals surface area contributed by atoms with Gasteiger partial charge in [0.2, 0.25) is 0 Å². The van der Waals surface area contributed by atoms with Gasteiger partial charge in [-0.25, -0.2) is 0 Å². The van der Waals surface area contributed by atoms with Crippen LogP contribution >= 0.6 is 23.2 Å². The van der Waals surface area contributed by atoms with Gasteiger partial charge in [-0.15, -0.1) is 11.6 Å². The van der Waals surface area contributed by atoms with Crippen molar-refractivity contribution in [3.05, 3.63) is 0 Å². The smallest absolute Gasteiger partial charge is 0.312 e. The maximum Gasteiger partial charge on any atom is 0.317 e. The third-order valence-electron chi connectivity index (χ3n) is 3.46. The fraction of sp³-hybridized carbons (Fsp3) is 0.889. The lowest BCUT2D eigenvalue weighted by atomic mass is 9.95. The minimum atomic E-state index is -0.396. The van der Waals surface area contributed by atoms with E-state index in [0.717, 1.165) is 12.3 Å². The van der Waals surface area contributed by atoms with Crippen LogP contribution in [0, 0.1) is 11.8 Å². The largest absolute Gasteiger partial charge is 0.317 e. The quantitative estimate of drug-likeness (QED) is 0.399. The number of alkyl halides is 1. The molecule has 0 aliphatic heterocycles. The van der Waals surface area contributed by atoms with Gasteiger partial charge in [-0.3, -0.25) is 4.79 Å². The molecule has 2 aliphatic rings. The third kappa shape index (κ3) is 1.66. The Bertz CT molecular complexity index is 222. The van der Waals surface area contributed by atoms with E-state index in [1.165, 1.54) is 19.3 Å². The highest BCUT2D eigenvalue weighted by molar-refractivity contribution is 6.63. The Morgan fingerprint density at radius 3 is 2.54 bits per heavy atom. The summed E-state index contributed by atoms with van der Waals surface area (Å²) >= 11 is 11.2. The second-order valence-corrected chi connectivity index (χ2v) is 4.65. The first kappa shape index (κ1) is 9.60. The average Bonchev–Trinajstić information content (AvgIpc) is 2.65. The number of halogens is 2. The van der Waals surface area contributed by atoms with Crippen LogP contribution in [0.15, 0.2) is 0 Å². The van der Waals surface area contributed by atoms with E-state index in [1.807, 2.05) is 0 Å². The van der Waals surface area contributed by atoms with Crippen LogP contribution in [0.2, 0.25) is 0 Å². The molecule has 0 radical (unpaired) electrons. The van der Waals surface area contributed by atoms with Gasteiger partial charge in [-0.2, -0.15) is 0 Å². The van der Waals surface area contributed by atoms with Crippen molar-refractivity contribution in [2.24, 2.45) is 11.8 Å². The zero-order valence-electron chi connectivity index (χ0n) is 7.38. The van der Waals surface area contributed by atoms with Gasteiger partial charge in [0, 0.05) is 6.04 Å². The highest BCUT2D eigenvalue weighted by Gasteiger charge is 2.43. The Labute approximate surface area is 88.2 Å². The van der Waals surface area contributed by atoms with Crippen LogP contribution in [-0.2, 0) is 0 Å². The van der Waals surface area contributed by atoms with Gasteiger partial charge in [0.25, 0.3) is 0 Å². The molecular formula is C9H13Cl2NO. The molecule has 1 amide bonds. The van der Waals surface area contributed by atoms with Crippen LogP contribution in [0.25, 0.3) is 0 Å². The molecule has 0 aromatic carbocycles. The summed E-state index contributed by atoms with van der Waals surface area (Å²) in [7, 11) is 0. The Morgan fingerprint density at radius 2 is 2.15 bits per heavy atom. The molecule has 0 N–H and O–H groups in total. The summed E-state index contributed by atoms with van der Waals surface area (Å²) in [4.78, 5) is 12.6. The molecule has 2 nitrogen and oxygen atoms in total. The Balaban J connectivity index is 2.04. The molecule has 2 aliphatic carbocycles. The molecule has 4 heteroatoms. The van der Waals surface area contributed by atoms with Crippen molar-refractivity contribution in [3.63, 3.8) is 0 Å². The van der Waals surface area contributed by atoms with Gasteiger partial charge in [0.05, 0.1) is 6.00 Å². The normalized spacial score (nSPS) is 36.6. The molecule has 74 valence electrons. The van der Waals surface area contributed by atoms with Gasteiger partial charge in [0.15, 0.2) is 0 Å². The monoisotopic (exact) mass is 221 g/mol. The van der Waals surface area contributed by atoms with E-state index < -0.39 is 5.37 Å². The second-order valence-electron chi connectivity index (χ2n) is 4.08. The third-order valence-corrected chi connectivity index (χ3v) is 3.93. The lowest BCUT2D eigenvalue weighted by Crippen LogP contribution is -2.39. The summed E-state index contributed by atoms with van der Waals surface area (Å²) in [5, 5.41) is -0.396. The van der Waals surface area contributed by atoms with E-state index in [4.69, 9.17) is 23.2 Å². The van der Waals surface area contributed by atoms with Crippen LogP contribution in [0.4, 0.5) is 4.79 Å². The molecule has 2 rings (SSSR count). The first-order chi connectivity index (χ1) is 6.22. The molecule has 2 fully saturated rings. The molecule has 0 spiro atoms. The molecule has 2 saturated carbocycles. The van der Waals surface area contributed by atoms with Gasteiger partial charge < -0.3 is 4.90 Å². The number of carbonyl (C=O) groups excluding carboxylic acids is 1. The topological polar surface area (TPSA) is 20.3 Å². The zero-order chi connectivity index (χ0) is 9.42. The van der Waals surface area contributed by atoms with Crippen molar-refractivity contribution in [2.45, 2.75) is 31.7 Å². The van der Waals surface area contributed by atoms with Crippen molar-refractivity contribution in [1.29, 1.82) is 0 Å². The molecule has 3 atom stereocenters. The lowest BCUT2D eigenvalue weighted by Gasteiger charge is -2.31. The van der Waals surface area contributed by atoms with E-state index >= 15 is 0 Å². The van der Waals surface area contributed by atoms with Crippen LogP contribution < -0.4 is 0 Å². The maximum absolute atomic E-state index is 11.0. The van der Waals surface area contributed by atoms with Crippen molar-refractivity contribution in [3.8, 4) is 0 Å². The number of rotatable bonds is 2. The Kier molecular flexibility index (Phi) is 2.70. The highest BCUT2D eigenvalue weighted by atomic mass is 35.5. The highest BCUT2D eigenvalue weighted by Crippen LogP contribution is 2.46. The number of nitrogens with zero attached hydrogens (tertiary/aromatic N) is 1. The predicted molar refractivity (Wildman–Crippen MR) is 53.0 cm³/mol. The fourth-order valence-corrected chi connectivity index (χ4v) is 3.39. The van der Waals surface area contributed by atoms with E-state index in [1.54, 1.807) is 4.90 Å². The minimum absolute atomic E-state index is 0.232. The van der Waals surface area contributed by atoms with Crippen LogP contribution in [0.1, 0.15) is 25.7 Å². The molecule has 0 heterocycles. The number of hydrogen-bond donors (Lipinski definition) is 0. The summed E-state index contributed by atoms with van der Waals surface area (Å²) in [6.07, 6.45) is 4.94. The summed E-state index contributed by atoms with van der Waals surface area (Å²) < 4.78 is 0. The van der Waals surface area contributed by atoms with E-state index in [2.05, 4.69) is 0 Å². The predicted octanol–water partition coefficient (Wildman–Crippen LogP) is 3.03. The van der Waals surface area contributed by atoms with Gasteiger partial charge >= 0.3 is 5.37 Å². The first-order valence-corrected chi connectivity index (χ1v) is 5.65. The van der Waals surface area contributed by atoms with Gasteiger partial charge in [0.1, 0.15) is 0 Å². The fourth-order valence-electron chi connectivity index (χ4n) is 2.86. The zero-order valence-corrected chi connectivity index (χ0v) is 8.89. The molecule has 0 saturated heterocycles. The van der Waals surface area contributed by atoms with Crippen molar-refractivity contribution >= 4 is 28.6 Å². The molecular weight excluding hydrogens is 209 g/mol. The standard InChI is InChI=1S/C9H13Cl2NO/c10-5-12(9(11)13)8-4-6-1-2-7(8)3-6/h6-8H,1-5H2. The molecule has 0 aromatic rings. The lowest BCUT2D eigenvalue weighted by molar-refractivity contribution is 0.182. The van der Waals surface area contributed by atoms with Crippen molar-refractivity contribution < 1.29 is 4.79 Å². The summed E-state index contributed by atoms with van der Waals surface area (Å²) in [5.41, 5.74) is 0. The summed E-state index contributed by atoms with van der Waals surface area (Å²) in [6.45, 7) is 0. The van der Waals surface area contributed by atoms with Crippen LogP contribution in [-0.4, -0.2) is 22.3 Å². The van der Waals surface area contributed by atoms with Crippen LogP contribution in [0.5, 0.6) is 0 Å². The van der Waals surface area contributed by atoms with E-state index in [-0.39, 0.29) is 6.00 Å². The Morgan fingerprint density at radius 1 is 1.38 bits per heavy atom. The number of fused-ring (bicyclic) bond motifs is 2. The SMILES string of the molecule is O=C(Cl)N(CCl)C1CC2CCC1C2. The summed E-state index contributed by atoms with van der Waals surface area (Å²) in [5.74, 6) is 1.48. The number of carbonyl (C=O) groups is 1. The van der Waals surface area contributed by atoms with Crippen molar-refractivity contribution in [2.75, 3.05) is 6.00 Å². The first-order valence-electron chi connectivity index (χ1n) is 4.74. The summed E-state index contributed by atoms with van der Waals surface area (Å²) in [6, 6.07) is 0.553. The number of amides is 1. The Hall–Kier alpha value is 0.0500. The van der Waals surface area contributed by atoms with Gasteiger partial charge in [-0.05, 0) is 42.7 Å². The minimum Gasteiger partial charge on any atom is -0.312 e. The molecule has 2 bridgehead atoms. The average molecular weight is 222 g/mol. The molecule has 0 aromatic heterocycles. The second kappa shape index (κ2) is 3.66. The number of hydrogen-bond acceptors (Lipinski definition) is 1.